The van der Waals surface area contributed by atoms with Crippen molar-refractivity contribution in [3.8, 4) is 11.1 Å². The normalized spacial score (nSPS) is 14.8. The van der Waals surface area contributed by atoms with Gasteiger partial charge in [0.25, 0.3) is 0 Å². The molecule has 0 spiro atoms. The number of ether oxygens (including phenoxy) is 1. The van der Waals surface area contributed by atoms with Crippen LogP contribution in [0.2, 0.25) is 0 Å². The molecule has 1 aliphatic heterocycles. The van der Waals surface area contributed by atoms with E-state index < -0.39 is 0 Å². The number of rotatable bonds is 6. The third-order valence-corrected chi connectivity index (χ3v) is 7.65. The highest BCUT2D eigenvalue weighted by Crippen LogP contribution is 2.39. The molecule has 1 N–H and O–H groups in total. The van der Waals surface area contributed by atoms with Crippen LogP contribution >= 0.6 is 23.1 Å². The first-order valence-electron chi connectivity index (χ1n) is 11.0. The molecule has 0 aliphatic carbocycles. The van der Waals surface area contributed by atoms with Crippen LogP contribution in [-0.2, 0) is 9.53 Å². The first kappa shape index (κ1) is 22.8. The van der Waals surface area contributed by atoms with E-state index in [1.165, 1.54) is 41.6 Å². The molecule has 5 rings (SSSR count). The summed E-state index contributed by atoms with van der Waals surface area (Å²) < 4.78 is 18.8. The average Bonchev–Trinajstić information content (AvgIpc) is 3.31. The zero-order valence-electron chi connectivity index (χ0n) is 18.5. The van der Waals surface area contributed by atoms with Gasteiger partial charge in [0, 0.05) is 35.4 Å². The fourth-order valence-corrected chi connectivity index (χ4v) is 5.73. The minimum absolute atomic E-state index is 0.102. The Balaban J connectivity index is 1.30. The first-order chi connectivity index (χ1) is 16.6. The summed E-state index contributed by atoms with van der Waals surface area (Å²) in [5, 5.41) is 6.24. The van der Waals surface area contributed by atoms with E-state index in [1.807, 2.05) is 36.6 Å². The summed E-state index contributed by atoms with van der Waals surface area (Å²) in [6.45, 7) is 5.07. The van der Waals surface area contributed by atoms with Gasteiger partial charge in [-0.15, -0.1) is 11.3 Å². The van der Waals surface area contributed by atoms with Gasteiger partial charge in [-0.2, -0.15) is 0 Å². The number of thiophene rings is 1. The summed E-state index contributed by atoms with van der Waals surface area (Å²) in [5.41, 5.74) is 3.71. The molecule has 1 fully saturated rings. The minimum Gasteiger partial charge on any atom is -0.378 e. The molecular formula is C25H23FN4O2S2. The van der Waals surface area contributed by atoms with E-state index in [1.54, 1.807) is 12.1 Å². The molecule has 1 atom stereocenters. The number of hydrogen-bond acceptors (Lipinski definition) is 7. The Hall–Kier alpha value is -3.01. The second-order valence-corrected chi connectivity index (χ2v) is 10.1. The molecule has 6 nitrogen and oxygen atoms in total. The summed E-state index contributed by atoms with van der Waals surface area (Å²) in [6.07, 6.45) is 1.52. The van der Waals surface area contributed by atoms with Gasteiger partial charge >= 0.3 is 0 Å². The molecule has 0 saturated carbocycles. The Labute approximate surface area is 205 Å². The van der Waals surface area contributed by atoms with Gasteiger partial charge in [-0.1, -0.05) is 23.9 Å². The van der Waals surface area contributed by atoms with Crippen LogP contribution in [0.1, 0.15) is 6.92 Å². The molecule has 4 aromatic rings. The standard InChI is InChI=1S/C25H23FN4O2S2/c1-16(23(31)29-19-6-8-20(9-7-19)30-10-12-32-13-11-30)34-25-22-21(14-33-24(22)27-15-28-25)17-2-4-18(26)5-3-17/h2-9,14-16H,10-13H2,1H3,(H,29,31)/t16-/m1/s1. The third kappa shape index (κ3) is 4.91. The molecule has 34 heavy (non-hydrogen) atoms. The molecular weight excluding hydrogens is 471 g/mol. The number of aromatic nitrogens is 2. The SMILES string of the molecule is C[C@@H](Sc1ncnc2scc(-c3ccc(F)cc3)c12)C(=O)Nc1ccc(N2CCOCC2)cc1. The highest BCUT2D eigenvalue weighted by molar-refractivity contribution is 8.00. The monoisotopic (exact) mass is 494 g/mol. The van der Waals surface area contributed by atoms with E-state index in [0.29, 0.717) is 0 Å². The molecule has 2 aromatic heterocycles. The lowest BCUT2D eigenvalue weighted by molar-refractivity contribution is -0.115. The van der Waals surface area contributed by atoms with Crippen LogP contribution in [0.4, 0.5) is 15.8 Å². The van der Waals surface area contributed by atoms with Gasteiger partial charge in [0.05, 0.1) is 23.8 Å². The van der Waals surface area contributed by atoms with E-state index in [0.717, 1.165) is 64.0 Å². The van der Waals surface area contributed by atoms with Crippen molar-refractivity contribution in [2.45, 2.75) is 17.2 Å². The Bertz CT molecular complexity index is 1290. The second kappa shape index (κ2) is 10.1. The van der Waals surface area contributed by atoms with Gasteiger partial charge in [-0.3, -0.25) is 4.79 Å². The van der Waals surface area contributed by atoms with Crippen LogP contribution < -0.4 is 10.2 Å². The molecule has 0 radical (unpaired) electrons. The molecule has 9 heteroatoms. The number of nitrogens with one attached hydrogen (secondary N) is 1. The van der Waals surface area contributed by atoms with Crippen molar-refractivity contribution in [2.75, 3.05) is 36.5 Å². The van der Waals surface area contributed by atoms with E-state index in [9.17, 15) is 9.18 Å². The van der Waals surface area contributed by atoms with Gasteiger partial charge in [-0.25, -0.2) is 14.4 Å². The van der Waals surface area contributed by atoms with Crippen molar-refractivity contribution in [1.82, 2.24) is 9.97 Å². The molecule has 1 amide bonds. The van der Waals surface area contributed by atoms with Crippen LogP contribution in [-0.4, -0.2) is 47.4 Å². The highest BCUT2D eigenvalue weighted by atomic mass is 32.2. The molecule has 2 aromatic carbocycles. The minimum atomic E-state index is -0.377. The maximum Gasteiger partial charge on any atom is 0.237 e. The smallest absolute Gasteiger partial charge is 0.237 e. The predicted octanol–water partition coefficient (Wildman–Crippen LogP) is 5.45. The summed E-state index contributed by atoms with van der Waals surface area (Å²) in [6, 6.07) is 14.3. The topological polar surface area (TPSA) is 67.4 Å². The Morgan fingerprint density at radius 2 is 1.85 bits per heavy atom. The van der Waals surface area contributed by atoms with E-state index in [-0.39, 0.29) is 17.0 Å². The maximum atomic E-state index is 13.4. The van der Waals surface area contributed by atoms with Crippen LogP contribution in [0.15, 0.2) is 65.3 Å². The summed E-state index contributed by atoms with van der Waals surface area (Å²) >= 11 is 2.90. The summed E-state index contributed by atoms with van der Waals surface area (Å²) in [5.74, 6) is -0.383. The third-order valence-electron chi connectivity index (χ3n) is 5.66. The zero-order chi connectivity index (χ0) is 23.5. The molecule has 0 bridgehead atoms. The Kier molecular flexibility index (Phi) is 6.75. The molecule has 3 heterocycles. The van der Waals surface area contributed by atoms with Gasteiger partial charge in [0.15, 0.2) is 0 Å². The van der Waals surface area contributed by atoms with E-state index >= 15 is 0 Å². The largest absolute Gasteiger partial charge is 0.378 e. The van der Waals surface area contributed by atoms with E-state index in [4.69, 9.17) is 4.74 Å². The van der Waals surface area contributed by atoms with Gasteiger partial charge in [0.2, 0.25) is 5.91 Å². The van der Waals surface area contributed by atoms with Crippen LogP contribution in [0.3, 0.4) is 0 Å². The molecule has 0 unspecified atom stereocenters. The number of anilines is 2. The van der Waals surface area contributed by atoms with Crippen LogP contribution in [0.5, 0.6) is 0 Å². The van der Waals surface area contributed by atoms with Crippen molar-refractivity contribution in [2.24, 2.45) is 0 Å². The second-order valence-electron chi connectivity index (χ2n) is 7.91. The van der Waals surface area contributed by atoms with Crippen LogP contribution in [0, 0.1) is 5.82 Å². The van der Waals surface area contributed by atoms with Gasteiger partial charge in [-0.05, 0) is 48.9 Å². The number of morpholine rings is 1. The number of carbonyl (C=O) groups excluding carboxylic acids is 1. The molecule has 174 valence electrons. The lowest BCUT2D eigenvalue weighted by Crippen LogP contribution is -2.36. The molecule has 1 saturated heterocycles. The van der Waals surface area contributed by atoms with Crippen molar-refractivity contribution in [3.05, 3.63) is 66.1 Å². The number of fused-ring (bicyclic) bond motifs is 1. The van der Waals surface area contributed by atoms with Gasteiger partial charge in [0.1, 0.15) is 22.0 Å². The zero-order valence-corrected chi connectivity index (χ0v) is 20.2. The Morgan fingerprint density at radius 1 is 1.12 bits per heavy atom. The summed E-state index contributed by atoms with van der Waals surface area (Å²) in [4.78, 5) is 24.9. The number of carbonyl (C=O) groups is 1. The number of hydrogen-bond donors (Lipinski definition) is 1. The van der Waals surface area contributed by atoms with Gasteiger partial charge < -0.3 is 15.0 Å². The fourth-order valence-electron chi connectivity index (χ4n) is 3.82. The quantitative estimate of drug-likeness (QED) is 0.284. The highest BCUT2D eigenvalue weighted by Gasteiger charge is 2.20. The lowest BCUT2D eigenvalue weighted by Gasteiger charge is -2.28. The lowest BCUT2D eigenvalue weighted by atomic mass is 10.1. The van der Waals surface area contributed by atoms with Crippen molar-refractivity contribution >= 4 is 50.6 Å². The molecule has 1 aliphatic rings. The number of thioether (sulfide) groups is 1. The first-order valence-corrected chi connectivity index (χ1v) is 12.7. The number of halogens is 1. The predicted molar refractivity (Wildman–Crippen MR) is 136 cm³/mol. The van der Waals surface area contributed by atoms with E-state index in [2.05, 4.69) is 20.2 Å². The van der Waals surface area contributed by atoms with Crippen molar-refractivity contribution in [1.29, 1.82) is 0 Å². The van der Waals surface area contributed by atoms with Crippen molar-refractivity contribution in [3.63, 3.8) is 0 Å². The number of nitrogens with zero attached hydrogens (tertiary/aromatic N) is 3. The number of amides is 1. The summed E-state index contributed by atoms with van der Waals surface area (Å²) in [7, 11) is 0. The average molecular weight is 495 g/mol. The maximum absolute atomic E-state index is 13.4. The van der Waals surface area contributed by atoms with Crippen molar-refractivity contribution < 1.29 is 13.9 Å². The fraction of sp³-hybridized carbons (Fsp3) is 0.240. The number of benzene rings is 2. The van der Waals surface area contributed by atoms with Crippen LogP contribution in [0.25, 0.3) is 21.3 Å². The Morgan fingerprint density at radius 3 is 2.59 bits per heavy atom.